The second-order valence-corrected chi connectivity index (χ2v) is 10.3. The lowest BCUT2D eigenvalue weighted by atomic mass is 9.95. The van der Waals surface area contributed by atoms with Crippen molar-refractivity contribution in [2.75, 3.05) is 20.3 Å². The number of ether oxygens (including phenoxy) is 2. The molecule has 2 aliphatic rings. The molecule has 0 spiro atoms. The van der Waals surface area contributed by atoms with Crippen LogP contribution in [0.5, 0.6) is 5.75 Å². The summed E-state index contributed by atoms with van der Waals surface area (Å²) in [6, 6.07) is 10.8. The first kappa shape index (κ1) is 25.3. The Labute approximate surface area is 212 Å². The summed E-state index contributed by atoms with van der Waals surface area (Å²) in [7, 11) is 1.68. The van der Waals surface area contributed by atoms with Crippen LogP contribution in [0.2, 0.25) is 10.0 Å². The molecule has 34 heavy (non-hydrogen) atoms. The molecule has 2 atom stereocenters. The average Bonchev–Trinajstić information content (AvgIpc) is 3.03. The Kier molecular flexibility index (Phi) is 8.41. The van der Waals surface area contributed by atoms with Crippen molar-refractivity contribution in [1.82, 2.24) is 10.2 Å². The van der Waals surface area contributed by atoms with E-state index in [2.05, 4.69) is 36.2 Å². The molecular formula is C27H34Cl2N2O3. The predicted molar refractivity (Wildman–Crippen MR) is 137 cm³/mol. The molecule has 0 radical (unpaired) electrons. The van der Waals surface area contributed by atoms with E-state index in [1.165, 1.54) is 29.5 Å². The number of hydrogen-bond donors (Lipinski definition) is 1. The third-order valence-corrected chi connectivity index (χ3v) is 8.10. The Balaban J connectivity index is 1.35. The monoisotopic (exact) mass is 504 g/mol. The molecule has 2 aromatic carbocycles. The van der Waals surface area contributed by atoms with Crippen LogP contribution in [0.4, 0.5) is 0 Å². The van der Waals surface area contributed by atoms with Crippen molar-refractivity contribution in [2.45, 2.75) is 70.6 Å². The number of methoxy groups -OCH3 is 1. The second-order valence-electron chi connectivity index (χ2n) is 9.48. The van der Waals surface area contributed by atoms with Gasteiger partial charge < -0.3 is 14.8 Å². The van der Waals surface area contributed by atoms with Gasteiger partial charge in [0.15, 0.2) is 0 Å². The van der Waals surface area contributed by atoms with E-state index >= 15 is 0 Å². The van der Waals surface area contributed by atoms with Crippen molar-refractivity contribution in [2.24, 2.45) is 0 Å². The van der Waals surface area contributed by atoms with E-state index in [1.54, 1.807) is 25.3 Å². The first-order valence-electron chi connectivity index (χ1n) is 12.1. The van der Waals surface area contributed by atoms with Crippen molar-refractivity contribution >= 4 is 29.1 Å². The van der Waals surface area contributed by atoms with Gasteiger partial charge in [-0.3, -0.25) is 9.69 Å². The molecule has 184 valence electrons. The third kappa shape index (κ3) is 5.71. The number of piperidine rings is 1. The summed E-state index contributed by atoms with van der Waals surface area (Å²) >= 11 is 12.5. The smallest absolute Gasteiger partial charge is 0.224 e. The quantitative estimate of drug-likeness (QED) is 0.458. The highest BCUT2D eigenvalue weighted by molar-refractivity contribution is 6.36. The first-order valence-corrected chi connectivity index (χ1v) is 12.8. The van der Waals surface area contributed by atoms with Crippen LogP contribution < -0.4 is 10.1 Å². The molecule has 5 nitrogen and oxygen atoms in total. The lowest BCUT2D eigenvalue weighted by molar-refractivity contribution is -0.121. The van der Waals surface area contributed by atoms with E-state index in [0.29, 0.717) is 40.9 Å². The molecular weight excluding hydrogens is 471 g/mol. The highest BCUT2D eigenvalue weighted by atomic mass is 35.5. The topological polar surface area (TPSA) is 50.8 Å². The maximum absolute atomic E-state index is 12.7. The SMILES string of the molecule is COCCOc1ccc(CN2C3CCC2CC(NC(=O)Cc2c(Cl)cccc2Cl)C3)c(C)c1C. The number of nitrogens with one attached hydrogen (secondary N) is 1. The van der Waals surface area contributed by atoms with Crippen LogP contribution in [0.3, 0.4) is 0 Å². The molecule has 4 rings (SSSR count). The molecule has 2 saturated heterocycles. The Morgan fingerprint density at radius 2 is 1.71 bits per heavy atom. The molecule has 7 heteroatoms. The number of halogens is 2. The van der Waals surface area contributed by atoms with Crippen molar-refractivity contribution in [3.63, 3.8) is 0 Å². The van der Waals surface area contributed by atoms with Gasteiger partial charge in [-0.15, -0.1) is 0 Å². The predicted octanol–water partition coefficient (Wildman–Crippen LogP) is 5.49. The number of hydrogen-bond acceptors (Lipinski definition) is 4. The Morgan fingerprint density at radius 3 is 2.35 bits per heavy atom. The Bertz CT molecular complexity index is 995. The van der Waals surface area contributed by atoms with Gasteiger partial charge in [-0.2, -0.15) is 0 Å². The summed E-state index contributed by atoms with van der Waals surface area (Å²) in [6.45, 7) is 6.39. The van der Waals surface area contributed by atoms with Crippen LogP contribution in [0.15, 0.2) is 30.3 Å². The van der Waals surface area contributed by atoms with Gasteiger partial charge >= 0.3 is 0 Å². The first-order chi connectivity index (χ1) is 16.4. The molecule has 0 aromatic heterocycles. The van der Waals surface area contributed by atoms with E-state index in [4.69, 9.17) is 32.7 Å². The summed E-state index contributed by atoms with van der Waals surface area (Å²) in [4.78, 5) is 15.4. The minimum absolute atomic E-state index is 0.0108. The van der Waals surface area contributed by atoms with Gasteiger partial charge in [0.1, 0.15) is 12.4 Å². The summed E-state index contributed by atoms with van der Waals surface area (Å²) in [5.74, 6) is 0.921. The summed E-state index contributed by atoms with van der Waals surface area (Å²) in [5, 5.41) is 4.33. The average molecular weight is 505 g/mol. The van der Waals surface area contributed by atoms with Crippen LogP contribution >= 0.6 is 23.2 Å². The maximum atomic E-state index is 12.7. The Morgan fingerprint density at radius 1 is 1.03 bits per heavy atom. The number of fused-ring (bicyclic) bond motifs is 2. The van der Waals surface area contributed by atoms with E-state index in [9.17, 15) is 4.79 Å². The van der Waals surface area contributed by atoms with Gasteiger partial charge in [0, 0.05) is 41.8 Å². The van der Waals surface area contributed by atoms with E-state index in [1.807, 2.05) is 0 Å². The van der Waals surface area contributed by atoms with Gasteiger partial charge in [-0.1, -0.05) is 35.3 Å². The molecule has 1 amide bonds. The number of nitrogens with zero attached hydrogens (tertiary/aromatic N) is 1. The maximum Gasteiger partial charge on any atom is 0.224 e. The summed E-state index contributed by atoms with van der Waals surface area (Å²) in [6.07, 6.45) is 4.54. The number of carbonyl (C=O) groups excluding carboxylic acids is 1. The zero-order valence-corrected chi connectivity index (χ0v) is 21.7. The minimum Gasteiger partial charge on any atom is -0.491 e. The molecule has 2 bridgehead atoms. The van der Waals surface area contributed by atoms with Gasteiger partial charge in [0.25, 0.3) is 0 Å². The fourth-order valence-electron chi connectivity index (χ4n) is 5.40. The largest absolute Gasteiger partial charge is 0.491 e. The van der Waals surface area contributed by atoms with Crippen LogP contribution in [0.1, 0.15) is 47.9 Å². The van der Waals surface area contributed by atoms with E-state index in [0.717, 1.165) is 25.1 Å². The number of benzene rings is 2. The van der Waals surface area contributed by atoms with E-state index in [-0.39, 0.29) is 18.4 Å². The van der Waals surface area contributed by atoms with Gasteiger partial charge in [-0.05, 0) is 80.0 Å². The lowest BCUT2D eigenvalue weighted by Gasteiger charge is -2.39. The van der Waals surface area contributed by atoms with Crippen molar-refractivity contribution in [1.29, 1.82) is 0 Å². The fourth-order valence-corrected chi connectivity index (χ4v) is 5.93. The van der Waals surface area contributed by atoms with Crippen LogP contribution in [-0.2, 0) is 22.5 Å². The van der Waals surface area contributed by atoms with Gasteiger partial charge in [-0.25, -0.2) is 0 Å². The second kappa shape index (κ2) is 11.3. The molecule has 1 N–H and O–H groups in total. The van der Waals surface area contributed by atoms with Gasteiger partial charge in [0.2, 0.25) is 5.91 Å². The molecule has 2 aliphatic heterocycles. The molecule has 2 heterocycles. The zero-order chi connectivity index (χ0) is 24.2. The standard InChI is InChI=1S/C27H34Cl2N2O3/c1-17-18(2)26(34-12-11-33-3)10-7-19(17)16-31-21-8-9-22(31)14-20(13-21)30-27(32)15-23-24(28)5-4-6-25(23)29/h4-7,10,20-22H,8-9,11-16H2,1-3H3,(H,30,32). The molecule has 2 fully saturated rings. The molecule has 2 unspecified atom stereocenters. The highest BCUT2D eigenvalue weighted by Gasteiger charge is 2.41. The van der Waals surface area contributed by atoms with Crippen molar-refractivity contribution in [3.8, 4) is 5.75 Å². The molecule has 0 aliphatic carbocycles. The lowest BCUT2D eigenvalue weighted by Crippen LogP contribution is -2.50. The van der Waals surface area contributed by atoms with Crippen molar-refractivity contribution < 1.29 is 14.3 Å². The van der Waals surface area contributed by atoms with Crippen molar-refractivity contribution in [3.05, 3.63) is 62.6 Å². The number of rotatable bonds is 9. The van der Waals surface area contributed by atoms with Crippen LogP contribution in [-0.4, -0.2) is 49.3 Å². The highest BCUT2D eigenvalue weighted by Crippen LogP contribution is 2.38. The summed E-state index contributed by atoms with van der Waals surface area (Å²) < 4.78 is 11.0. The number of carbonyl (C=O) groups is 1. The minimum atomic E-state index is -0.0108. The van der Waals surface area contributed by atoms with Gasteiger partial charge in [0.05, 0.1) is 13.0 Å². The summed E-state index contributed by atoms with van der Waals surface area (Å²) in [5.41, 5.74) is 4.54. The number of amides is 1. The zero-order valence-electron chi connectivity index (χ0n) is 20.2. The third-order valence-electron chi connectivity index (χ3n) is 7.40. The molecule has 2 aromatic rings. The fraction of sp³-hybridized carbons (Fsp3) is 0.519. The van der Waals surface area contributed by atoms with Crippen LogP contribution in [0, 0.1) is 13.8 Å². The van der Waals surface area contributed by atoms with Crippen LogP contribution in [0.25, 0.3) is 0 Å². The van der Waals surface area contributed by atoms with E-state index < -0.39 is 0 Å². The molecule has 0 saturated carbocycles. The Hall–Kier alpha value is -1.79. The normalized spacial score (nSPS) is 22.1.